The molecular weight excluding hydrogens is 316 g/mol. The molecule has 0 saturated heterocycles. The lowest BCUT2D eigenvalue weighted by atomic mass is 10.2. The predicted octanol–water partition coefficient (Wildman–Crippen LogP) is 3.92. The van der Waals surface area contributed by atoms with Crippen LogP contribution in [0.25, 0.3) is 0 Å². The van der Waals surface area contributed by atoms with Crippen molar-refractivity contribution in [2.75, 3.05) is 11.4 Å². The molecule has 0 atom stereocenters. The van der Waals surface area contributed by atoms with Crippen LogP contribution in [0, 0.1) is 6.92 Å². The molecule has 2 aromatic carbocycles. The van der Waals surface area contributed by atoms with E-state index in [0.717, 1.165) is 11.1 Å². The Morgan fingerprint density at radius 1 is 1.00 bits per heavy atom. The van der Waals surface area contributed by atoms with Crippen molar-refractivity contribution in [3.63, 3.8) is 0 Å². The van der Waals surface area contributed by atoms with Gasteiger partial charge in [-0.05, 0) is 38.5 Å². The Morgan fingerprint density at radius 2 is 1.60 bits per heavy atom. The number of amides is 2. The average Bonchev–Trinajstić information content (AvgIpc) is 2.58. The number of anilines is 1. The molecule has 132 valence electrons. The van der Waals surface area contributed by atoms with Crippen LogP contribution < -0.4 is 4.90 Å². The van der Waals surface area contributed by atoms with Crippen LogP contribution in [0.15, 0.2) is 54.6 Å². The highest BCUT2D eigenvalue weighted by Crippen LogP contribution is 2.19. The topological polar surface area (TPSA) is 60.9 Å². The number of aliphatic carboxylic acids is 1. The molecule has 0 saturated carbocycles. The van der Waals surface area contributed by atoms with Crippen LogP contribution in [0.2, 0.25) is 0 Å². The summed E-state index contributed by atoms with van der Waals surface area (Å²) in [4.78, 5) is 27.4. The van der Waals surface area contributed by atoms with E-state index in [0.29, 0.717) is 12.2 Å². The summed E-state index contributed by atoms with van der Waals surface area (Å²) >= 11 is 0. The summed E-state index contributed by atoms with van der Waals surface area (Å²) in [7, 11) is 0. The Labute approximate surface area is 148 Å². The maximum absolute atomic E-state index is 13.1. The van der Waals surface area contributed by atoms with E-state index < -0.39 is 5.97 Å². The van der Waals surface area contributed by atoms with Gasteiger partial charge in [0.05, 0.1) is 0 Å². The number of aryl methyl sites for hydroxylation is 1. The molecule has 0 unspecified atom stereocenters. The fraction of sp³-hybridized carbons (Fsp3) is 0.300. The van der Waals surface area contributed by atoms with Crippen LogP contribution in [0.3, 0.4) is 0 Å². The Kier molecular flexibility index (Phi) is 6.17. The number of rotatable bonds is 6. The van der Waals surface area contributed by atoms with Crippen LogP contribution in [0.5, 0.6) is 0 Å². The molecular formula is C20H24N2O3. The van der Waals surface area contributed by atoms with E-state index in [1.165, 1.54) is 4.90 Å². The van der Waals surface area contributed by atoms with Crippen molar-refractivity contribution in [2.24, 2.45) is 0 Å². The zero-order valence-corrected chi connectivity index (χ0v) is 14.8. The van der Waals surface area contributed by atoms with Gasteiger partial charge in [-0.3, -0.25) is 9.69 Å². The van der Waals surface area contributed by atoms with Crippen molar-refractivity contribution in [2.45, 2.75) is 33.4 Å². The molecule has 2 aromatic rings. The SMILES string of the molecule is Cc1ccc(N(CC(=O)O)C(=O)N(Cc2ccccc2)C(C)C)cc1. The van der Waals surface area contributed by atoms with Crippen LogP contribution in [0.1, 0.15) is 25.0 Å². The molecule has 0 aliphatic rings. The van der Waals surface area contributed by atoms with Crippen molar-refractivity contribution in [1.29, 1.82) is 0 Å². The van der Waals surface area contributed by atoms with Crippen LogP contribution in [-0.2, 0) is 11.3 Å². The summed E-state index contributed by atoms with van der Waals surface area (Å²) in [5, 5.41) is 9.25. The van der Waals surface area contributed by atoms with Gasteiger partial charge in [0.15, 0.2) is 0 Å². The number of nitrogens with zero attached hydrogens (tertiary/aromatic N) is 2. The molecule has 1 N–H and O–H groups in total. The maximum Gasteiger partial charge on any atom is 0.325 e. The maximum atomic E-state index is 13.1. The van der Waals surface area contributed by atoms with Gasteiger partial charge >= 0.3 is 12.0 Å². The number of carboxylic acid groups (broad SMARTS) is 1. The summed E-state index contributed by atoms with van der Waals surface area (Å²) in [6, 6.07) is 16.6. The van der Waals surface area contributed by atoms with Crippen molar-refractivity contribution in [3.8, 4) is 0 Å². The Hall–Kier alpha value is -2.82. The third kappa shape index (κ3) is 5.08. The number of urea groups is 1. The van der Waals surface area contributed by atoms with Crippen molar-refractivity contribution in [1.82, 2.24) is 4.90 Å². The van der Waals surface area contributed by atoms with Crippen molar-refractivity contribution >= 4 is 17.7 Å². The molecule has 0 aliphatic carbocycles. The van der Waals surface area contributed by atoms with Gasteiger partial charge in [0.25, 0.3) is 0 Å². The normalized spacial score (nSPS) is 10.6. The van der Waals surface area contributed by atoms with Crippen molar-refractivity contribution < 1.29 is 14.7 Å². The van der Waals surface area contributed by atoms with Gasteiger partial charge in [0.1, 0.15) is 6.54 Å². The first-order valence-corrected chi connectivity index (χ1v) is 8.29. The molecule has 5 heteroatoms. The lowest BCUT2D eigenvalue weighted by molar-refractivity contribution is -0.135. The van der Waals surface area contributed by atoms with E-state index in [1.54, 1.807) is 17.0 Å². The molecule has 0 aliphatic heterocycles. The van der Waals surface area contributed by atoms with E-state index in [9.17, 15) is 14.7 Å². The highest BCUT2D eigenvalue weighted by atomic mass is 16.4. The number of carbonyl (C=O) groups excluding carboxylic acids is 1. The number of carboxylic acids is 1. The fourth-order valence-electron chi connectivity index (χ4n) is 2.54. The zero-order chi connectivity index (χ0) is 18.4. The first-order valence-electron chi connectivity index (χ1n) is 8.29. The van der Waals surface area contributed by atoms with E-state index in [4.69, 9.17) is 0 Å². The third-order valence-electron chi connectivity index (χ3n) is 3.93. The molecule has 0 radical (unpaired) electrons. The largest absolute Gasteiger partial charge is 0.480 e. The van der Waals surface area contributed by atoms with Gasteiger partial charge in [-0.25, -0.2) is 4.79 Å². The van der Waals surface area contributed by atoms with Crippen LogP contribution >= 0.6 is 0 Å². The number of hydrogen-bond donors (Lipinski definition) is 1. The third-order valence-corrected chi connectivity index (χ3v) is 3.93. The lowest BCUT2D eigenvalue weighted by Crippen LogP contribution is -2.48. The summed E-state index contributed by atoms with van der Waals surface area (Å²) in [6.07, 6.45) is 0. The minimum absolute atomic E-state index is 0.0607. The standard InChI is InChI=1S/C20H24N2O3/c1-15(2)21(13-17-7-5-4-6-8-17)20(25)22(14-19(23)24)18-11-9-16(3)10-12-18/h4-12,15H,13-14H2,1-3H3,(H,23,24). The predicted molar refractivity (Wildman–Crippen MR) is 98.7 cm³/mol. The summed E-state index contributed by atoms with van der Waals surface area (Å²) < 4.78 is 0. The molecule has 0 heterocycles. The van der Waals surface area contributed by atoms with Crippen LogP contribution in [0.4, 0.5) is 10.5 Å². The lowest BCUT2D eigenvalue weighted by Gasteiger charge is -2.32. The fourth-order valence-corrected chi connectivity index (χ4v) is 2.54. The van der Waals surface area contributed by atoms with Gasteiger partial charge < -0.3 is 10.0 Å². The number of benzene rings is 2. The van der Waals surface area contributed by atoms with E-state index >= 15 is 0 Å². The van der Waals surface area contributed by atoms with Gasteiger partial charge in [-0.15, -0.1) is 0 Å². The Balaban J connectivity index is 2.30. The van der Waals surface area contributed by atoms with Gasteiger partial charge in [0, 0.05) is 18.3 Å². The quantitative estimate of drug-likeness (QED) is 0.867. The van der Waals surface area contributed by atoms with Crippen molar-refractivity contribution in [3.05, 3.63) is 65.7 Å². The van der Waals surface area contributed by atoms with Crippen LogP contribution in [-0.4, -0.2) is 34.6 Å². The summed E-state index contributed by atoms with van der Waals surface area (Å²) in [5.74, 6) is -1.04. The second-order valence-corrected chi connectivity index (χ2v) is 6.31. The Morgan fingerprint density at radius 3 is 2.12 bits per heavy atom. The van der Waals surface area contributed by atoms with E-state index in [1.807, 2.05) is 63.2 Å². The minimum Gasteiger partial charge on any atom is -0.480 e. The molecule has 0 aromatic heterocycles. The highest BCUT2D eigenvalue weighted by molar-refractivity contribution is 5.96. The summed E-state index contributed by atoms with van der Waals surface area (Å²) in [6.45, 7) is 5.85. The van der Waals surface area contributed by atoms with E-state index in [-0.39, 0.29) is 18.6 Å². The van der Waals surface area contributed by atoms with Gasteiger partial charge in [-0.2, -0.15) is 0 Å². The molecule has 5 nitrogen and oxygen atoms in total. The zero-order valence-electron chi connectivity index (χ0n) is 14.8. The monoisotopic (exact) mass is 340 g/mol. The first kappa shape index (κ1) is 18.5. The molecule has 2 amide bonds. The second kappa shape index (κ2) is 8.33. The average molecular weight is 340 g/mol. The molecule has 2 rings (SSSR count). The Bertz CT molecular complexity index is 711. The summed E-state index contributed by atoms with van der Waals surface area (Å²) in [5.41, 5.74) is 2.64. The smallest absolute Gasteiger partial charge is 0.325 e. The van der Waals surface area contributed by atoms with Gasteiger partial charge in [0.2, 0.25) is 0 Å². The highest BCUT2D eigenvalue weighted by Gasteiger charge is 2.26. The molecule has 25 heavy (non-hydrogen) atoms. The molecule has 0 spiro atoms. The second-order valence-electron chi connectivity index (χ2n) is 6.31. The molecule has 0 fully saturated rings. The number of hydrogen-bond acceptors (Lipinski definition) is 2. The van der Waals surface area contributed by atoms with E-state index in [2.05, 4.69) is 0 Å². The minimum atomic E-state index is -1.04. The molecule has 0 bridgehead atoms. The first-order chi connectivity index (χ1) is 11.9. The number of carbonyl (C=O) groups is 2. The van der Waals surface area contributed by atoms with Gasteiger partial charge in [-0.1, -0.05) is 48.0 Å².